The lowest BCUT2D eigenvalue weighted by Crippen LogP contribution is -2.52. The number of hydrogen-bond donors (Lipinski definition) is 1. The molecule has 2 aliphatic heterocycles. The van der Waals surface area contributed by atoms with Crippen LogP contribution in [0, 0.1) is 23.2 Å². The molecular formula is C15H23N3O3. The van der Waals surface area contributed by atoms with Gasteiger partial charge in [-0.05, 0) is 38.5 Å². The summed E-state index contributed by atoms with van der Waals surface area (Å²) in [5.74, 6) is -0.743. The maximum atomic E-state index is 12.6. The number of rotatable bonds is 4. The van der Waals surface area contributed by atoms with E-state index in [0.717, 1.165) is 25.7 Å². The lowest BCUT2D eigenvalue weighted by atomic mass is 9.88. The molecule has 0 aromatic carbocycles. The van der Waals surface area contributed by atoms with Crippen molar-refractivity contribution in [3.8, 4) is 6.07 Å². The first-order chi connectivity index (χ1) is 9.92. The molecule has 6 nitrogen and oxygen atoms in total. The topological polar surface area (TPSA) is 84.6 Å². The Hall–Kier alpha value is -1.77. The van der Waals surface area contributed by atoms with Crippen molar-refractivity contribution in [2.75, 3.05) is 13.6 Å². The van der Waals surface area contributed by atoms with Crippen LogP contribution < -0.4 is 0 Å². The molecule has 2 saturated heterocycles. The van der Waals surface area contributed by atoms with Crippen LogP contribution in [0.3, 0.4) is 0 Å². The third-order valence-corrected chi connectivity index (χ3v) is 4.61. The summed E-state index contributed by atoms with van der Waals surface area (Å²) >= 11 is 0. The van der Waals surface area contributed by atoms with E-state index in [1.54, 1.807) is 18.9 Å². The molecule has 116 valence electrons. The number of hydrogen-bond acceptors (Lipinski definition) is 3. The van der Waals surface area contributed by atoms with E-state index in [9.17, 15) is 9.59 Å². The van der Waals surface area contributed by atoms with Crippen LogP contribution in [0.25, 0.3) is 0 Å². The van der Waals surface area contributed by atoms with E-state index in [4.69, 9.17) is 10.4 Å². The Kier molecular flexibility index (Phi) is 4.71. The molecule has 2 bridgehead atoms. The average molecular weight is 293 g/mol. The molecule has 6 heteroatoms. The molecule has 3 unspecified atom stereocenters. The smallest absolute Gasteiger partial charge is 0.320 e. The van der Waals surface area contributed by atoms with E-state index < -0.39 is 5.97 Å². The number of carbonyl (C=O) groups is 2. The predicted octanol–water partition coefficient (Wildman–Crippen LogP) is 1.92. The normalized spacial score (nSPS) is 28.8. The highest BCUT2D eigenvalue weighted by Crippen LogP contribution is 2.40. The van der Waals surface area contributed by atoms with Crippen molar-refractivity contribution in [1.29, 1.82) is 5.26 Å². The second-order valence-corrected chi connectivity index (χ2v) is 6.42. The van der Waals surface area contributed by atoms with Gasteiger partial charge < -0.3 is 14.9 Å². The number of piperidine rings is 1. The van der Waals surface area contributed by atoms with Crippen LogP contribution in [0.15, 0.2) is 0 Å². The lowest BCUT2D eigenvalue weighted by Gasteiger charge is -2.40. The van der Waals surface area contributed by atoms with E-state index in [1.807, 2.05) is 4.90 Å². The zero-order valence-electron chi connectivity index (χ0n) is 12.7. The van der Waals surface area contributed by atoms with Gasteiger partial charge in [-0.1, -0.05) is 0 Å². The molecule has 0 aromatic heterocycles. The first-order valence-corrected chi connectivity index (χ1v) is 7.57. The molecule has 2 rings (SSSR count). The number of urea groups is 1. The Morgan fingerprint density at radius 3 is 2.43 bits per heavy atom. The third kappa shape index (κ3) is 3.46. The van der Waals surface area contributed by atoms with Crippen molar-refractivity contribution in [2.24, 2.45) is 11.8 Å². The fourth-order valence-corrected chi connectivity index (χ4v) is 3.74. The van der Waals surface area contributed by atoms with Crippen molar-refractivity contribution in [2.45, 2.75) is 51.1 Å². The Balaban J connectivity index is 1.98. The van der Waals surface area contributed by atoms with Gasteiger partial charge in [0.05, 0.1) is 12.0 Å². The molecular weight excluding hydrogens is 270 g/mol. The maximum absolute atomic E-state index is 12.6. The summed E-state index contributed by atoms with van der Waals surface area (Å²) in [5.41, 5.74) is 0. The van der Waals surface area contributed by atoms with E-state index in [-0.39, 0.29) is 36.4 Å². The number of nitriles is 1. The Labute approximate surface area is 125 Å². The van der Waals surface area contributed by atoms with Crippen LogP contribution >= 0.6 is 0 Å². The zero-order valence-corrected chi connectivity index (χ0v) is 12.7. The maximum Gasteiger partial charge on any atom is 0.320 e. The van der Waals surface area contributed by atoms with Crippen LogP contribution in [0.4, 0.5) is 4.79 Å². The fourth-order valence-electron chi connectivity index (χ4n) is 3.74. The molecule has 0 spiro atoms. The first-order valence-electron chi connectivity index (χ1n) is 7.57. The van der Waals surface area contributed by atoms with E-state index in [2.05, 4.69) is 6.07 Å². The summed E-state index contributed by atoms with van der Waals surface area (Å²) in [6, 6.07) is 2.46. The summed E-state index contributed by atoms with van der Waals surface area (Å²) < 4.78 is 0. The molecule has 0 radical (unpaired) electrons. The van der Waals surface area contributed by atoms with Crippen LogP contribution in [-0.2, 0) is 4.79 Å². The third-order valence-electron chi connectivity index (χ3n) is 4.61. The van der Waals surface area contributed by atoms with Gasteiger partial charge >= 0.3 is 12.0 Å². The molecule has 3 atom stereocenters. The van der Waals surface area contributed by atoms with Crippen molar-refractivity contribution in [3.05, 3.63) is 0 Å². The van der Waals surface area contributed by atoms with Crippen LogP contribution in [-0.4, -0.2) is 52.6 Å². The summed E-state index contributed by atoms with van der Waals surface area (Å²) in [4.78, 5) is 27.0. The minimum absolute atomic E-state index is 0.0154. The second-order valence-electron chi connectivity index (χ2n) is 6.42. The minimum atomic E-state index is -0.751. The van der Waals surface area contributed by atoms with Gasteiger partial charge in [-0.3, -0.25) is 4.79 Å². The number of carboxylic acid groups (broad SMARTS) is 1. The van der Waals surface area contributed by atoms with Gasteiger partial charge in [0.2, 0.25) is 0 Å². The molecule has 21 heavy (non-hydrogen) atoms. The summed E-state index contributed by atoms with van der Waals surface area (Å²) in [6.45, 7) is 2.24. The molecule has 2 aliphatic rings. The van der Waals surface area contributed by atoms with Crippen molar-refractivity contribution in [1.82, 2.24) is 9.80 Å². The molecule has 2 heterocycles. The number of aliphatic carboxylic acids is 1. The highest BCUT2D eigenvalue weighted by molar-refractivity contribution is 5.75. The highest BCUT2D eigenvalue weighted by Gasteiger charge is 2.44. The Morgan fingerprint density at radius 1 is 1.38 bits per heavy atom. The van der Waals surface area contributed by atoms with E-state index in [0.29, 0.717) is 6.54 Å². The lowest BCUT2D eigenvalue weighted by molar-refractivity contribution is -0.138. The summed E-state index contributed by atoms with van der Waals surface area (Å²) in [7, 11) is 1.74. The number of carboxylic acids is 1. The van der Waals surface area contributed by atoms with Gasteiger partial charge in [-0.2, -0.15) is 5.26 Å². The van der Waals surface area contributed by atoms with E-state index in [1.165, 1.54) is 0 Å². The Bertz CT molecular complexity index is 446. The molecule has 0 aliphatic carbocycles. The van der Waals surface area contributed by atoms with E-state index >= 15 is 0 Å². The van der Waals surface area contributed by atoms with Crippen LogP contribution in [0.1, 0.15) is 39.0 Å². The van der Waals surface area contributed by atoms with Gasteiger partial charge in [0.1, 0.15) is 0 Å². The Morgan fingerprint density at radius 2 is 1.95 bits per heavy atom. The standard InChI is InChI=1S/C15H23N3O3/c1-10(8-16)9-17(2)15(21)18-12-3-4-13(18)6-11(5-12)7-14(19)20/h10-13H,3-7,9H2,1-2H3,(H,19,20). The minimum Gasteiger partial charge on any atom is -0.481 e. The van der Waals surface area contributed by atoms with Crippen LogP contribution in [0.5, 0.6) is 0 Å². The van der Waals surface area contributed by atoms with Gasteiger partial charge in [0.15, 0.2) is 0 Å². The highest BCUT2D eigenvalue weighted by atomic mass is 16.4. The van der Waals surface area contributed by atoms with Crippen molar-refractivity contribution in [3.63, 3.8) is 0 Å². The SMILES string of the molecule is CC(C#N)CN(C)C(=O)N1C2CCC1CC(CC(=O)O)C2. The van der Waals surface area contributed by atoms with Crippen LogP contribution in [0.2, 0.25) is 0 Å². The number of fused-ring (bicyclic) bond motifs is 2. The summed E-state index contributed by atoms with van der Waals surface area (Å²) in [5, 5.41) is 17.8. The van der Waals surface area contributed by atoms with Gasteiger partial charge in [0, 0.05) is 32.1 Å². The van der Waals surface area contributed by atoms with Gasteiger partial charge in [0.25, 0.3) is 0 Å². The molecule has 2 amide bonds. The molecule has 0 aromatic rings. The van der Waals surface area contributed by atoms with Crippen molar-refractivity contribution >= 4 is 12.0 Å². The zero-order chi connectivity index (χ0) is 15.6. The average Bonchev–Trinajstić information content (AvgIpc) is 2.68. The molecule has 2 fully saturated rings. The van der Waals surface area contributed by atoms with Crippen molar-refractivity contribution < 1.29 is 14.7 Å². The first kappa shape index (κ1) is 15.6. The predicted molar refractivity (Wildman–Crippen MR) is 76.4 cm³/mol. The van der Waals surface area contributed by atoms with Gasteiger partial charge in [-0.15, -0.1) is 0 Å². The molecule has 0 saturated carbocycles. The van der Waals surface area contributed by atoms with Gasteiger partial charge in [-0.25, -0.2) is 4.79 Å². The monoisotopic (exact) mass is 293 g/mol. The number of carbonyl (C=O) groups excluding carboxylic acids is 1. The number of nitrogens with zero attached hydrogens (tertiary/aromatic N) is 3. The fraction of sp³-hybridized carbons (Fsp3) is 0.800. The quantitative estimate of drug-likeness (QED) is 0.858. The molecule has 1 N–H and O–H groups in total. The number of amides is 2. The second kappa shape index (κ2) is 6.33. The largest absolute Gasteiger partial charge is 0.481 e. The summed E-state index contributed by atoms with van der Waals surface area (Å²) in [6.07, 6.45) is 3.71.